The molecular weight excluding hydrogens is 228 g/mol. The Morgan fingerprint density at radius 3 is 1.58 bits per heavy atom. The molecule has 0 amide bonds. The summed E-state index contributed by atoms with van der Waals surface area (Å²) in [4.78, 5) is 0. The highest BCUT2D eigenvalue weighted by atomic mass is 14.0. The molecule has 0 N–H and O–H groups in total. The maximum atomic E-state index is 2.16. The average molecular weight is 254 g/mol. The second kappa shape index (κ2) is 11.3. The molecule has 0 heterocycles. The van der Waals surface area contributed by atoms with E-state index in [9.17, 15) is 0 Å². The maximum absolute atomic E-state index is 2.16. The molecule has 19 heavy (non-hydrogen) atoms. The molecule has 0 radical (unpaired) electrons. The number of hydrogen-bond acceptors (Lipinski definition) is 0. The predicted octanol–water partition coefficient (Wildman–Crippen LogP) is 6.44. The third-order valence-corrected chi connectivity index (χ3v) is 2.38. The Morgan fingerprint density at radius 2 is 1.11 bits per heavy atom. The lowest BCUT2D eigenvalue weighted by Gasteiger charge is -2.01. The van der Waals surface area contributed by atoms with Gasteiger partial charge in [-0.2, -0.15) is 0 Å². The van der Waals surface area contributed by atoms with Crippen molar-refractivity contribution in [3.05, 3.63) is 66.2 Å². The van der Waals surface area contributed by atoms with Crippen LogP contribution in [-0.2, 0) is 0 Å². The number of rotatable bonds is 2. The maximum Gasteiger partial charge on any atom is -0.0184 e. The lowest BCUT2D eigenvalue weighted by molar-refractivity contribution is 1.50. The second-order valence-corrected chi connectivity index (χ2v) is 3.49. The summed E-state index contributed by atoms with van der Waals surface area (Å²) in [5.41, 5.74) is 3.78. The number of hydrogen-bond donors (Lipinski definition) is 0. The zero-order chi connectivity index (χ0) is 14.5. The van der Waals surface area contributed by atoms with Gasteiger partial charge in [0.05, 0.1) is 0 Å². The Hall–Kier alpha value is -1.82. The van der Waals surface area contributed by atoms with Crippen LogP contribution in [0.15, 0.2) is 60.7 Å². The van der Waals surface area contributed by atoms with Gasteiger partial charge in [0.25, 0.3) is 0 Å². The molecule has 2 aromatic carbocycles. The van der Waals surface area contributed by atoms with Gasteiger partial charge in [0.2, 0.25) is 0 Å². The number of allylic oxidation sites excluding steroid dienone is 1. The van der Waals surface area contributed by atoms with E-state index >= 15 is 0 Å². The highest BCUT2D eigenvalue weighted by Gasteiger charge is 1.94. The third kappa shape index (κ3) is 6.05. The van der Waals surface area contributed by atoms with Gasteiger partial charge in [0.1, 0.15) is 0 Å². The Labute approximate surface area is 118 Å². The smallest absolute Gasteiger partial charge is 0.0184 e. The van der Waals surface area contributed by atoms with Gasteiger partial charge in [-0.3, -0.25) is 0 Å². The van der Waals surface area contributed by atoms with Crippen LogP contribution in [0.1, 0.15) is 40.2 Å². The molecule has 0 atom stereocenters. The average Bonchev–Trinajstić information content (AvgIpc) is 2.53. The van der Waals surface area contributed by atoms with Gasteiger partial charge in [-0.15, -0.1) is 0 Å². The van der Waals surface area contributed by atoms with Crippen LogP contribution >= 0.6 is 0 Å². The van der Waals surface area contributed by atoms with E-state index in [4.69, 9.17) is 0 Å². The monoisotopic (exact) mass is 254 g/mol. The van der Waals surface area contributed by atoms with E-state index in [-0.39, 0.29) is 0 Å². The Bertz CT molecular complexity index is 435. The molecule has 0 unspecified atom stereocenters. The molecule has 0 saturated heterocycles. The molecule has 0 fully saturated rings. The van der Waals surface area contributed by atoms with Gasteiger partial charge in [-0.1, -0.05) is 94.4 Å². The van der Waals surface area contributed by atoms with Crippen LogP contribution in [0.2, 0.25) is 0 Å². The Balaban J connectivity index is 0.000000741. The first-order valence-electron chi connectivity index (χ1n) is 7.18. The molecule has 0 aliphatic heterocycles. The summed E-state index contributed by atoms with van der Waals surface area (Å²) in [5.74, 6) is 0. The highest BCUT2D eigenvalue weighted by molar-refractivity contribution is 5.65. The summed E-state index contributed by atoms with van der Waals surface area (Å²) >= 11 is 0. The topological polar surface area (TPSA) is 0 Å². The summed E-state index contributed by atoms with van der Waals surface area (Å²) in [6.07, 6.45) is 4.16. The van der Waals surface area contributed by atoms with Crippen molar-refractivity contribution >= 4 is 6.08 Å². The van der Waals surface area contributed by atoms with Crippen LogP contribution in [0.25, 0.3) is 17.2 Å². The van der Waals surface area contributed by atoms with Crippen molar-refractivity contribution in [1.82, 2.24) is 0 Å². The highest BCUT2D eigenvalue weighted by Crippen LogP contribution is 2.19. The van der Waals surface area contributed by atoms with Crippen LogP contribution in [0, 0.1) is 0 Å². The van der Waals surface area contributed by atoms with Crippen LogP contribution in [0.5, 0.6) is 0 Å². The molecule has 102 valence electrons. The van der Waals surface area contributed by atoms with E-state index in [1.165, 1.54) is 16.7 Å². The minimum Gasteiger partial charge on any atom is -0.0871 e. The largest absolute Gasteiger partial charge is 0.0871 e. The lowest BCUT2D eigenvalue weighted by Crippen LogP contribution is -1.77. The van der Waals surface area contributed by atoms with Crippen molar-refractivity contribution in [2.75, 3.05) is 0 Å². The molecule has 2 rings (SSSR count). The van der Waals surface area contributed by atoms with E-state index in [0.29, 0.717) is 0 Å². The molecule has 0 aliphatic rings. The molecule has 0 spiro atoms. The van der Waals surface area contributed by atoms with Crippen molar-refractivity contribution in [3.8, 4) is 11.1 Å². The molecule has 0 saturated carbocycles. The van der Waals surface area contributed by atoms with E-state index in [0.717, 1.165) is 0 Å². The Morgan fingerprint density at radius 1 is 0.632 bits per heavy atom. The fourth-order valence-corrected chi connectivity index (χ4v) is 1.61. The van der Waals surface area contributed by atoms with Gasteiger partial charge in [-0.25, -0.2) is 0 Å². The van der Waals surface area contributed by atoms with Crippen molar-refractivity contribution in [1.29, 1.82) is 0 Å². The van der Waals surface area contributed by atoms with Crippen molar-refractivity contribution in [3.63, 3.8) is 0 Å². The van der Waals surface area contributed by atoms with Gasteiger partial charge >= 0.3 is 0 Å². The molecular formula is C19H26. The van der Waals surface area contributed by atoms with E-state index < -0.39 is 0 Å². The second-order valence-electron chi connectivity index (χ2n) is 3.49. The normalized spacial score (nSPS) is 9.11. The molecule has 2 aromatic rings. The molecule has 0 aromatic heterocycles. The SMILES string of the molecule is C/C=C/c1ccc(-c2ccccc2)cc1.CC.CC. The summed E-state index contributed by atoms with van der Waals surface area (Å²) in [7, 11) is 0. The molecule has 0 aliphatic carbocycles. The zero-order valence-electron chi connectivity index (χ0n) is 12.9. The Kier molecular flexibility index (Phi) is 10.2. The molecule has 0 nitrogen and oxygen atoms in total. The quantitative estimate of drug-likeness (QED) is 0.578. The fourth-order valence-electron chi connectivity index (χ4n) is 1.61. The molecule has 0 bridgehead atoms. The number of benzene rings is 2. The minimum absolute atomic E-state index is 1.25. The fraction of sp³-hybridized carbons (Fsp3) is 0.263. The van der Waals surface area contributed by atoms with Crippen LogP contribution in [-0.4, -0.2) is 0 Å². The summed E-state index contributed by atoms with van der Waals surface area (Å²) < 4.78 is 0. The van der Waals surface area contributed by atoms with Crippen molar-refractivity contribution in [2.45, 2.75) is 34.6 Å². The summed E-state index contributed by atoms with van der Waals surface area (Å²) in [6.45, 7) is 10.0. The summed E-state index contributed by atoms with van der Waals surface area (Å²) in [5, 5.41) is 0. The lowest BCUT2D eigenvalue weighted by atomic mass is 10.0. The van der Waals surface area contributed by atoms with E-state index in [1.807, 2.05) is 40.7 Å². The first kappa shape index (κ1) is 17.2. The first-order valence-corrected chi connectivity index (χ1v) is 7.18. The van der Waals surface area contributed by atoms with Crippen molar-refractivity contribution in [2.24, 2.45) is 0 Å². The minimum atomic E-state index is 1.25. The van der Waals surface area contributed by atoms with Gasteiger partial charge in [-0.05, 0) is 23.6 Å². The van der Waals surface area contributed by atoms with Crippen LogP contribution < -0.4 is 0 Å². The molecule has 0 heteroatoms. The van der Waals surface area contributed by atoms with Crippen molar-refractivity contribution < 1.29 is 0 Å². The summed E-state index contributed by atoms with van der Waals surface area (Å²) in [6, 6.07) is 19.0. The van der Waals surface area contributed by atoms with E-state index in [2.05, 4.69) is 60.7 Å². The van der Waals surface area contributed by atoms with Gasteiger partial charge in [0, 0.05) is 0 Å². The van der Waals surface area contributed by atoms with Crippen LogP contribution in [0.4, 0.5) is 0 Å². The standard InChI is InChI=1S/C15H14.2C2H6/c1-2-6-13-9-11-15(12-10-13)14-7-4-3-5-8-14;2*1-2/h2-12H,1H3;2*1-2H3/b6-2+;;. The van der Waals surface area contributed by atoms with Gasteiger partial charge in [0.15, 0.2) is 0 Å². The first-order chi connectivity index (χ1) is 9.40. The van der Waals surface area contributed by atoms with Crippen LogP contribution in [0.3, 0.4) is 0 Å². The zero-order valence-corrected chi connectivity index (χ0v) is 12.9. The third-order valence-electron chi connectivity index (χ3n) is 2.38. The predicted molar refractivity (Wildman–Crippen MR) is 89.3 cm³/mol. The van der Waals surface area contributed by atoms with Gasteiger partial charge < -0.3 is 0 Å². The van der Waals surface area contributed by atoms with E-state index in [1.54, 1.807) is 0 Å².